The number of hydrogen-bond donors (Lipinski definition) is 1. The molecule has 1 aliphatic carbocycles. The first-order chi connectivity index (χ1) is 14.3. The number of ether oxygens (including phenoxy) is 1. The number of rotatable bonds is 8. The van der Waals surface area contributed by atoms with E-state index < -0.39 is 8.07 Å². The first-order valence-electron chi connectivity index (χ1n) is 10.2. The molecule has 1 aliphatic rings. The highest BCUT2D eigenvalue weighted by Gasteiger charge is 2.29. The second-order valence-corrected chi connectivity index (χ2v) is 15.6. The summed E-state index contributed by atoms with van der Waals surface area (Å²) < 4.78 is 8.00. The molecule has 8 heteroatoms. The van der Waals surface area contributed by atoms with Crippen LogP contribution in [0.4, 0.5) is 0 Å². The van der Waals surface area contributed by atoms with Gasteiger partial charge in [0, 0.05) is 56.9 Å². The average Bonchev–Trinajstić information content (AvgIpc) is 3.32. The zero-order valence-corrected chi connectivity index (χ0v) is 19.4. The number of nitrogens with zero attached hydrogens (tertiary/aromatic N) is 2. The zero-order valence-electron chi connectivity index (χ0n) is 17.6. The second-order valence-electron chi connectivity index (χ2n) is 9.07. The summed E-state index contributed by atoms with van der Waals surface area (Å²) >= 11 is 1.54. The molecule has 158 valence electrons. The Labute approximate surface area is 181 Å². The van der Waals surface area contributed by atoms with Crippen LogP contribution in [-0.4, -0.2) is 42.0 Å². The summed E-state index contributed by atoms with van der Waals surface area (Å²) in [7, 11) is -1.14. The Hall–Kier alpha value is -2.29. The van der Waals surface area contributed by atoms with Crippen LogP contribution in [0.15, 0.2) is 36.1 Å². The van der Waals surface area contributed by atoms with E-state index in [-0.39, 0.29) is 17.7 Å². The highest BCUT2D eigenvalue weighted by molar-refractivity contribution is 7.13. The molecular formula is C22H27N3O3SSi. The molecule has 0 spiro atoms. The van der Waals surface area contributed by atoms with Gasteiger partial charge in [0.25, 0.3) is 5.91 Å². The normalized spacial score (nSPS) is 14.8. The van der Waals surface area contributed by atoms with Crippen LogP contribution in [0, 0.1) is 0 Å². The molecule has 3 aromatic rings. The predicted molar refractivity (Wildman–Crippen MR) is 123 cm³/mol. The Kier molecular flexibility index (Phi) is 5.90. The van der Waals surface area contributed by atoms with Crippen molar-refractivity contribution in [3.8, 4) is 10.4 Å². The van der Waals surface area contributed by atoms with Gasteiger partial charge in [0.1, 0.15) is 12.5 Å². The van der Waals surface area contributed by atoms with Crippen molar-refractivity contribution >= 4 is 42.0 Å². The van der Waals surface area contributed by atoms with Crippen LogP contribution in [0.2, 0.25) is 25.7 Å². The van der Waals surface area contributed by atoms with E-state index in [2.05, 4.69) is 36.0 Å². The standard InChI is InChI=1S/C22H27N3O3SSi/c1-30(2,3)7-6-28-14-25-5-4-18-19(22(27)24-16-10-17(26)11-16)8-15(9-20(18)25)21-12-23-13-29-21/h4-5,8-9,12-13,16H,6-7,10-11,14H2,1-3H3,(H,24,27). The van der Waals surface area contributed by atoms with Crippen LogP contribution in [0.3, 0.4) is 0 Å². The van der Waals surface area contributed by atoms with Crippen molar-refractivity contribution in [1.82, 2.24) is 14.9 Å². The molecule has 1 fully saturated rings. The lowest BCUT2D eigenvalue weighted by atomic mass is 9.91. The fourth-order valence-corrected chi connectivity index (χ4v) is 4.86. The number of benzene rings is 1. The summed E-state index contributed by atoms with van der Waals surface area (Å²) in [5.41, 5.74) is 4.33. The summed E-state index contributed by atoms with van der Waals surface area (Å²) in [6, 6.07) is 7.04. The average molecular weight is 442 g/mol. The summed E-state index contributed by atoms with van der Waals surface area (Å²) in [4.78, 5) is 29.5. The summed E-state index contributed by atoms with van der Waals surface area (Å²) in [6.07, 6.45) is 4.64. The predicted octanol–water partition coefficient (Wildman–Crippen LogP) is 4.54. The van der Waals surface area contributed by atoms with E-state index >= 15 is 0 Å². The maximum absolute atomic E-state index is 13.0. The Balaban J connectivity index is 1.62. The SMILES string of the molecule is C[Si](C)(C)CCOCn1ccc2c(C(=O)NC3CC(=O)C3)cc(-c3cncs3)cc21. The van der Waals surface area contributed by atoms with Crippen molar-refractivity contribution in [2.75, 3.05) is 6.61 Å². The third kappa shape index (κ3) is 4.71. The topological polar surface area (TPSA) is 73.2 Å². The minimum Gasteiger partial charge on any atom is -0.361 e. The Morgan fingerprint density at radius 3 is 2.80 bits per heavy atom. The number of nitrogens with one attached hydrogen (secondary N) is 1. The molecule has 1 saturated carbocycles. The van der Waals surface area contributed by atoms with Crippen molar-refractivity contribution in [2.45, 2.75) is 51.3 Å². The number of amides is 1. The van der Waals surface area contributed by atoms with Crippen molar-refractivity contribution in [3.63, 3.8) is 0 Å². The molecule has 2 aromatic heterocycles. The highest BCUT2D eigenvalue weighted by Crippen LogP contribution is 2.31. The van der Waals surface area contributed by atoms with Crippen LogP contribution in [0.25, 0.3) is 21.3 Å². The zero-order chi connectivity index (χ0) is 21.3. The van der Waals surface area contributed by atoms with Gasteiger partial charge in [-0.25, -0.2) is 0 Å². The van der Waals surface area contributed by atoms with E-state index in [9.17, 15) is 9.59 Å². The lowest BCUT2D eigenvalue weighted by Gasteiger charge is -2.25. The van der Waals surface area contributed by atoms with Gasteiger partial charge in [-0.15, -0.1) is 11.3 Å². The molecular weight excluding hydrogens is 414 g/mol. The van der Waals surface area contributed by atoms with Crippen LogP contribution in [0.5, 0.6) is 0 Å². The highest BCUT2D eigenvalue weighted by atomic mass is 32.1. The maximum Gasteiger partial charge on any atom is 0.252 e. The number of thiazole rings is 1. The van der Waals surface area contributed by atoms with Gasteiger partial charge in [-0.3, -0.25) is 14.6 Å². The third-order valence-corrected chi connectivity index (χ3v) is 7.89. The molecule has 0 radical (unpaired) electrons. The number of ketones is 1. The maximum atomic E-state index is 13.0. The van der Waals surface area contributed by atoms with Gasteiger partial charge in [0.15, 0.2) is 0 Å². The van der Waals surface area contributed by atoms with Crippen molar-refractivity contribution in [2.24, 2.45) is 0 Å². The Morgan fingerprint density at radius 2 is 2.13 bits per heavy atom. The second kappa shape index (κ2) is 8.45. The summed E-state index contributed by atoms with van der Waals surface area (Å²) in [5, 5.41) is 3.89. The van der Waals surface area contributed by atoms with Gasteiger partial charge in [0.05, 0.1) is 15.9 Å². The van der Waals surface area contributed by atoms with E-state index in [4.69, 9.17) is 4.74 Å². The van der Waals surface area contributed by atoms with Crippen LogP contribution in [0.1, 0.15) is 23.2 Å². The lowest BCUT2D eigenvalue weighted by Crippen LogP contribution is -2.44. The Bertz CT molecular complexity index is 1060. The molecule has 2 heterocycles. The van der Waals surface area contributed by atoms with E-state index in [1.807, 2.05) is 29.1 Å². The molecule has 6 nitrogen and oxygen atoms in total. The van der Waals surface area contributed by atoms with Gasteiger partial charge < -0.3 is 14.6 Å². The summed E-state index contributed by atoms with van der Waals surface area (Å²) in [5.74, 6) is 0.0618. The molecule has 30 heavy (non-hydrogen) atoms. The molecule has 0 bridgehead atoms. The van der Waals surface area contributed by atoms with E-state index in [0.29, 0.717) is 25.1 Å². The van der Waals surface area contributed by atoms with Gasteiger partial charge in [0.2, 0.25) is 0 Å². The Morgan fingerprint density at radius 1 is 1.33 bits per heavy atom. The molecule has 1 amide bonds. The fraction of sp³-hybridized carbons (Fsp3) is 0.409. The van der Waals surface area contributed by atoms with Crippen molar-refractivity contribution in [1.29, 1.82) is 0 Å². The monoisotopic (exact) mass is 441 g/mol. The fourth-order valence-electron chi connectivity index (χ4n) is 3.49. The number of fused-ring (bicyclic) bond motifs is 1. The van der Waals surface area contributed by atoms with Crippen LogP contribution in [-0.2, 0) is 16.3 Å². The molecule has 1 N–H and O–H groups in total. The van der Waals surface area contributed by atoms with E-state index in [1.165, 1.54) is 0 Å². The van der Waals surface area contributed by atoms with Crippen LogP contribution < -0.4 is 5.32 Å². The smallest absolute Gasteiger partial charge is 0.252 e. The third-order valence-electron chi connectivity index (χ3n) is 5.36. The number of carbonyl (C=O) groups excluding carboxylic acids is 2. The first-order valence-corrected chi connectivity index (χ1v) is 14.8. The first kappa shape index (κ1) is 21.0. The largest absolute Gasteiger partial charge is 0.361 e. The molecule has 1 aromatic carbocycles. The van der Waals surface area contributed by atoms with Gasteiger partial charge in [-0.1, -0.05) is 19.6 Å². The number of Topliss-reactive ketones (excluding diaryl/α,β-unsaturated/α-hetero) is 1. The lowest BCUT2D eigenvalue weighted by molar-refractivity contribution is -0.124. The molecule has 0 atom stereocenters. The van der Waals surface area contributed by atoms with Gasteiger partial charge in [-0.05, 0) is 29.8 Å². The number of hydrogen-bond acceptors (Lipinski definition) is 5. The van der Waals surface area contributed by atoms with E-state index in [0.717, 1.165) is 34.0 Å². The quantitative estimate of drug-likeness (QED) is 0.411. The molecule has 0 saturated heterocycles. The van der Waals surface area contributed by atoms with Crippen molar-refractivity contribution in [3.05, 3.63) is 41.7 Å². The molecule has 4 rings (SSSR count). The van der Waals surface area contributed by atoms with Crippen molar-refractivity contribution < 1.29 is 14.3 Å². The van der Waals surface area contributed by atoms with Gasteiger partial charge >= 0.3 is 0 Å². The molecule has 0 unspecified atom stereocenters. The van der Waals surface area contributed by atoms with Gasteiger partial charge in [-0.2, -0.15) is 0 Å². The number of carbonyl (C=O) groups is 2. The molecule has 0 aliphatic heterocycles. The minimum atomic E-state index is -1.14. The van der Waals surface area contributed by atoms with E-state index in [1.54, 1.807) is 16.8 Å². The summed E-state index contributed by atoms with van der Waals surface area (Å²) in [6.45, 7) is 8.21. The van der Waals surface area contributed by atoms with Crippen LogP contribution >= 0.6 is 11.3 Å². The number of aromatic nitrogens is 2. The minimum absolute atomic E-state index is 0.0564.